The van der Waals surface area contributed by atoms with Gasteiger partial charge >= 0.3 is 17.9 Å². The van der Waals surface area contributed by atoms with Gasteiger partial charge in [0.1, 0.15) is 48.3 Å². The Kier molecular flexibility index (Phi) is 22.5. The van der Waals surface area contributed by atoms with Crippen molar-refractivity contribution < 1.29 is 72.9 Å². The summed E-state index contributed by atoms with van der Waals surface area (Å²) in [5.74, 6) is -16.2. The molecule has 9 amide bonds. The molecule has 0 aromatic heterocycles. The van der Waals surface area contributed by atoms with Crippen molar-refractivity contribution >= 4 is 71.1 Å². The largest absolute Gasteiger partial charge is 0.481 e. The third-order valence-corrected chi connectivity index (χ3v) is 9.54. The van der Waals surface area contributed by atoms with E-state index in [1.807, 2.05) is 0 Å². The number of primary amides is 1. The second kappa shape index (κ2) is 26.0. The highest BCUT2D eigenvalue weighted by Gasteiger charge is 2.38. The molecule has 0 spiro atoms. The van der Waals surface area contributed by atoms with Crippen LogP contribution in [-0.4, -0.2) is 141 Å². The van der Waals surface area contributed by atoms with Crippen LogP contribution in [0.3, 0.4) is 0 Å². The SMILES string of the molecule is CC[C@H](C)[C@@H]1NC(=O)[C@H](CCCCN)NC(=O)[C@H](CC(=O)O)NC(=O)[C@H](C)NC(=O)[C@H](CC(=O)O)NC(=O)[C@H](CC(C)C)NC(=O)[C@H](CC(N)=O)NC(=O)[C@H](CC(=O)O)NC1=O. The van der Waals surface area contributed by atoms with Gasteiger partial charge in [-0.05, 0) is 51.0 Å². The highest BCUT2D eigenvalue weighted by molar-refractivity contribution is 6.01. The summed E-state index contributed by atoms with van der Waals surface area (Å²) in [5, 5.41) is 46.9. The molecular formula is C37H60N10O15. The Morgan fingerprint density at radius 3 is 1.32 bits per heavy atom. The summed E-state index contributed by atoms with van der Waals surface area (Å²) in [4.78, 5) is 156. The van der Waals surface area contributed by atoms with Crippen molar-refractivity contribution in [3.8, 4) is 0 Å². The molecule has 15 N–H and O–H groups in total. The molecule has 0 aromatic rings. The maximum atomic E-state index is 13.8. The maximum Gasteiger partial charge on any atom is 0.305 e. The molecule has 0 radical (unpaired) electrons. The minimum atomic E-state index is -1.95. The normalized spacial score (nSPS) is 25.9. The molecule has 0 saturated carbocycles. The van der Waals surface area contributed by atoms with Crippen LogP contribution in [0.2, 0.25) is 0 Å². The molecule has 1 heterocycles. The zero-order chi connectivity index (χ0) is 47.4. The Bertz CT molecular complexity index is 1690. The zero-order valence-corrected chi connectivity index (χ0v) is 35.2. The van der Waals surface area contributed by atoms with Crippen LogP contribution in [-0.2, 0) is 57.5 Å². The van der Waals surface area contributed by atoms with Crippen LogP contribution in [0.4, 0.5) is 0 Å². The van der Waals surface area contributed by atoms with Gasteiger partial charge in [0.15, 0.2) is 0 Å². The number of hydrogen-bond donors (Lipinski definition) is 13. The van der Waals surface area contributed by atoms with E-state index in [1.165, 1.54) is 6.92 Å². The van der Waals surface area contributed by atoms with E-state index < -0.39 is 151 Å². The monoisotopic (exact) mass is 884 g/mol. The first-order valence-corrected chi connectivity index (χ1v) is 20.0. The molecule has 1 fully saturated rings. The quantitative estimate of drug-likeness (QED) is 0.0649. The summed E-state index contributed by atoms with van der Waals surface area (Å²) < 4.78 is 0. The second-order valence-corrected chi connectivity index (χ2v) is 15.3. The molecule has 348 valence electrons. The summed E-state index contributed by atoms with van der Waals surface area (Å²) in [6.07, 6.45) is -3.55. The molecule has 0 aromatic carbocycles. The number of nitrogens with one attached hydrogen (secondary N) is 8. The number of aliphatic carboxylic acids is 3. The number of carboxylic acid groups (broad SMARTS) is 3. The van der Waals surface area contributed by atoms with Gasteiger partial charge in [0.2, 0.25) is 53.2 Å². The van der Waals surface area contributed by atoms with Gasteiger partial charge in [-0.3, -0.25) is 57.5 Å². The van der Waals surface area contributed by atoms with Gasteiger partial charge in [0.25, 0.3) is 0 Å². The number of carbonyl (C=O) groups is 12. The predicted octanol–water partition coefficient (Wildman–Crippen LogP) is -4.58. The van der Waals surface area contributed by atoms with Gasteiger partial charge in [-0.1, -0.05) is 34.1 Å². The average molecular weight is 885 g/mol. The van der Waals surface area contributed by atoms with Gasteiger partial charge < -0.3 is 69.3 Å². The van der Waals surface area contributed by atoms with Crippen LogP contribution in [0, 0.1) is 11.8 Å². The van der Waals surface area contributed by atoms with Gasteiger partial charge in [0.05, 0.1) is 25.7 Å². The van der Waals surface area contributed by atoms with Gasteiger partial charge in [-0.2, -0.15) is 0 Å². The number of hydrogen-bond acceptors (Lipinski definition) is 13. The lowest BCUT2D eigenvalue weighted by Crippen LogP contribution is -2.62. The minimum absolute atomic E-state index is 0.119. The highest BCUT2D eigenvalue weighted by Crippen LogP contribution is 2.13. The van der Waals surface area contributed by atoms with E-state index in [1.54, 1.807) is 20.8 Å². The van der Waals surface area contributed by atoms with Crippen LogP contribution >= 0.6 is 0 Å². The lowest BCUT2D eigenvalue weighted by Gasteiger charge is -2.29. The van der Waals surface area contributed by atoms with Crippen LogP contribution in [0.15, 0.2) is 0 Å². The van der Waals surface area contributed by atoms with E-state index in [2.05, 4.69) is 42.5 Å². The molecule has 1 aliphatic heterocycles. The minimum Gasteiger partial charge on any atom is -0.481 e. The van der Waals surface area contributed by atoms with Crippen LogP contribution in [0.1, 0.15) is 92.4 Å². The van der Waals surface area contributed by atoms with E-state index in [9.17, 15) is 72.9 Å². The fourth-order valence-electron chi connectivity index (χ4n) is 6.01. The Balaban J connectivity index is 3.97. The molecule has 0 unspecified atom stereocenters. The van der Waals surface area contributed by atoms with Gasteiger partial charge in [-0.15, -0.1) is 0 Å². The van der Waals surface area contributed by atoms with Crippen molar-refractivity contribution in [2.75, 3.05) is 6.54 Å². The molecule has 9 atom stereocenters. The first-order chi connectivity index (χ1) is 28.9. The Morgan fingerprint density at radius 1 is 0.532 bits per heavy atom. The lowest BCUT2D eigenvalue weighted by molar-refractivity contribution is -0.143. The van der Waals surface area contributed by atoms with E-state index in [0.29, 0.717) is 6.42 Å². The Morgan fingerprint density at radius 2 is 0.903 bits per heavy atom. The first kappa shape index (κ1) is 53.6. The molecule has 0 aliphatic carbocycles. The molecule has 62 heavy (non-hydrogen) atoms. The fourth-order valence-corrected chi connectivity index (χ4v) is 6.01. The standard InChI is InChI=1S/C37H60N10O15/c1-6-17(4)29-37(62)46-24(15-28(53)54)36(61)44-21(12-25(39)48)34(59)43-20(11-16(2)3)33(58)45-22(13-26(49)50)32(57)40-18(5)30(55)42-23(14-27(51)52)35(60)41-19(31(56)47-29)9-7-8-10-38/h16-24,29H,6-15,38H2,1-5H3,(H2,39,48)(H,40,57)(H,41,60)(H,42,55)(H,43,59)(H,44,61)(H,45,58)(H,46,62)(H,47,56)(H,49,50)(H,51,52)(H,53,54)/t17-,18-,19-,20-,21-,22-,23-,24-,29-/m0/s1. The molecular weight excluding hydrogens is 824 g/mol. The molecule has 1 aliphatic rings. The van der Waals surface area contributed by atoms with E-state index >= 15 is 0 Å². The Labute approximate surface area is 356 Å². The number of rotatable bonds is 16. The summed E-state index contributed by atoms with van der Waals surface area (Å²) in [6, 6.07) is -13.8. The van der Waals surface area contributed by atoms with Crippen molar-refractivity contribution in [1.82, 2.24) is 42.5 Å². The number of nitrogens with two attached hydrogens (primary N) is 2. The summed E-state index contributed by atoms with van der Waals surface area (Å²) in [6.45, 7) is 7.71. The van der Waals surface area contributed by atoms with E-state index in [-0.39, 0.29) is 38.1 Å². The number of amides is 9. The summed E-state index contributed by atoms with van der Waals surface area (Å²) in [5.41, 5.74) is 10.9. The maximum absolute atomic E-state index is 13.8. The smallest absolute Gasteiger partial charge is 0.305 e. The van der Waals surface area contributed by atoms with Gasteiger partial charge in [-0.25, -0.2) is 0 Å². The predicted molar refractivity (Wildman–Crippen MR) is 214 cm³/mol. The third kappa shape index (κ3) is 18.9. The fraction of sp³-hybridized carbons (Fsp3) is 0.676. The van der Waals surface area contributed by atoms with Crippen LogP contribution in [0.5, 0.6) is 0 Å². The van der Waals surface area contributed by atoms with Crippen LogP contribution < -0.4 is 54.0 Å². The van der Waals surface area contributed by atoms with E-state index in [4.69, 9.17) is 11.5 Å². The average Bonchev–Trinajstić information content (AvgIpc) is 3.16. The third-order valence-electron chi connectivity index (χ3n) is 9.54. The van der Waals surface area contributed by atoms with E-state index in [0.717, 1.165) is 6.92 Å². The lowest BCUT2D eigenvalue weighted by atomic mass is 9.96. The second-order valence-electron chi connectivity index (χ2n) is 15.3. The molecule has 25 nitrogen and oxygen atoms in total. The van der Waals surface area contributed by atoms with Crippen LogP contribution in [0.25, 0.3) is 0 Å². The highest BCUT2D eigenvalue weighted by atomic mass is 16.4. The van der Waals surface area contributed by atoms with Crippen molar-refractivity contribution in [2.45, 2.75) is 141 Å². The number of carbonyl (C=O) groups excluding carboxylic acids is 9. The first-order valence-electron chi connectivity index (χ1n) is 20.0. The molecule has 0 bridgehead atoms. The van der Waals surface area contributed by atoms with Crippen molar-refractivity contribution in [1.29, 1.82) is 0 Å². The van der Waals surface area contributed by atoms with Crippen molar-refractivity contribution in [3.63, 3.8) is 0 Å². The number of unbranched alkanes of at least 4 members (excludes halogenated alkanes) is 1. The van der Waals surface area contributed by atoms with Gasteiger partial charge in [0, 0.05) is 0 Å². The summed E-state index contributed by atoms with van der Waals surface area (Å²) in [7, 11) is 0. The topological polar surface area (TPSA) is 414 Å². The van der Waals surface area contributed by atoms with Crippen molar-refractivity contribution in [3.05, 3.63) is 0 Å². The van der Waals surface area contributed by atoms with Crippen molar-refractivity contribution in [2.24, 2.45) is 23.3 Å². The number of carboxylic acids is 3. The summed E-state index contributed by atoms with van der Waals surface area (Å²) >= 11 is 0. The molecule has 25 heteroatoms. The molecule has 1 saturated heterocycles. The zero-order valence-electron chi connectivity index (χ0n) is 35.2. The molecule has 1 rings (SSSR count). The Hall–Kier alpha value is -6.40.